The van der Waals surface area contributed by atoms with Crippen LogP contribution in [0.4, 0.5) is 0 Å². The van der Waals surface area contributed by atoms with Crippen molar-refractivity contribution < 1.29 is 31.6 Å². The van der Waals surface area contributed by atoms with Crippen molar-refractivity contribution >= 4 is 5.97 Å². The van der Waals surface area contributed by atoms with Crippen molar-refractivity contribution in [2.45, 2.75) is 0 Å². The van der Waals surface area contributed by atoms with Gasteiger partial charge in [0, 0.05) is 21.7 Å². The Balaban J connectivity index is 0. The van der Waals surface area contributed by atoms with Crippen molar-refractivity contribution in [3.8, 4) is 0 Å². The molecular weight excluding hydrogens is 161 g/mol. The van der Waals surface area contributed by atoms with Gasteiger partial charge in [-0.25, -0.2) is 4.79 Å². The molecule has 0 spiro atoms. The van der Waals surface area contributed by atoms with E-state index in [1.54, 1.807) is 0 Å². The molecule has 6 heteroatoms. The Kier molecular flexibility index (Phi) is 5.88. The SMILES string of the molecule is O=C(O)C[N+](=O)[O-].[Co]. The zero-order valence-corrected chi connectivity index (χ0v) is 4.70. The molecule has 0 aromatic carbocycles. The zero-order chi connectivity index (χ0) is 5.86. The molecule has 0 rings (SSSR count). The van der Waals surface area contributed by atoms with Crippen LogP contribution in [-0.4, -0.2) is 22.5 Å². The summed E-state index contributed by atoms with van der Waals surface area (Å²) < 4.78 is 0. The fourth-order valence-corrected chi connectivity index (χ4v) is 0.110. The average molecular weight is 164 g/mol. The molecule has 0 bridgehead atoms. The zero-order valence-electron chi connectivity index (χ0n) is 3.66. The first-order chi connectivity index (χ1) is 3.13. The van der Waals surface area contributed by atoms with Crippen LogP contribution in [0.3, 0.4) is 0 Å². The van der Waals surface area contributed by atoms with Gasteiger partial charge in [-0.3, -0.25) is 10.1 Å². The van der Waals surface area contributed by atoms with E-state index < -0.39 is 17.4 Å². The van der Waals surface area contributed by atoms with Crippen molar-refractivity contribution in [2.75, 3.05) is 6.54 Å². The molecule has 0 atom stereocenters. The molecule has 5 nitrogen and oxygen atoms in total. The minimum Gasteiger partial charge on any atom is -0.476 e. The van der Waals surface area contributed by atoms with Gasteiger partial charge >= 0.3 is 5.97 Å². The maximum Gasteiger partial charge on any atom is 0.376 e. The second-order valence-electron chi connectivity index (χ2n) is 0.885. The van der Waals surface area contributed by atoms with Gasteiger partial charge in [-0.05, 0) is 0 Å². The summed E-state index contributed by atoms with van der Waals surface area (Å²) in [5, 5.41) is 16.9. The van der Waals surface area contributed by atoms with E-state index in [1.165, 1.54) is 0 Å². The number of carbonyl (C=O) groups is 1. The largest absolute Gasteiger partial charge is 0.476 e. The topological polar surface area (TPSA) is 80.4 Å². The summed E-state index contributed by atoms with van der Waals surface area (Å²) in [6, 6.07) is 0. The molecule has 8 heavy (non-hydrogen) atoms. The van der Waals surface area contributed by atoms with Gasteiger partial charge in [-0.15, -0.1) is 0 Å². The second kappa shape index (κ2) is 4.53. The van der Waals surface area contributed by atoms with Crippen LogP contribution in [0.1, 0.15) is 0 Å². The maximum atomic E-state index is 9.37. The van der Waals surface area contributed by atoms with E-state index in [-0.39, 0.29) is 16.8 Å². The van der Waals surface area contributed by atoms with Crippen molar-refractivity contribution in [2.24, 2.45) is 0 Å². The first kappa shape index (κ1) is 10.4. The Hall–Kier alpha value is -0.624. The van der Waals surface area contributed by atoms with E-state index in [0.29, 0.717) is 0 Å². The van der Waals surface area contributed by atoms with Gasteiger partial charge < -0.3 is 5.11 Å². The minimum absolute atomic E-state index is 0. The number of nitro groups is 1. The number of hydrogen-bond donors (Lipinski definition) is 1. The summed E-state index contributed by atoms with van der Waals surface area (Å²) in [7, 11) is 0. The summed E-state index contributed by atoms with van der Waals surface area (Å²) in [6.07, 6.45) is 0. The van der Waals surface area contributed by atoms with Crippen molar-refractivity contribution in [1.82, 2.24) is 0 Å². The monoisotopic (exact) mass is 164 g/mol. The van der Waals surface area contributed by atoms with Crippen LogP contribution >= 0.6 is 0 Å². The van der Waals surface area contributed by atoms with Gasteiger partial charge in [-0.2, -0.15) is 0 Å². The Morgan fingerprint density at radius 2 is 2.12 bits per heavy atom. The van der Waals surface area contributed by atoms with E-state index in [9.17, 15) is 14.9 Å². The van der Waals surface area contributed by atoms with Gasteiger partial charge in [0.25, 0.3) is 6.54 Å². The van der Waals surface area contributed by atoms with E-state index in [1.807, 2.05) is 0 Å². The standard InChI is InChI=1S/C2H3NO4.Co/c4-2(5)1-3(6)7;/h1H2,(H,4,5);. The van der Waals surface area contributed by atoms with Crippen LogP contribution in [0.5, 0.6) is 0 Å². The van der Waals surface area contributed by atoms with Gasteiger partial charge in [0.1, 0.15) is 0 Å². The molecule has 0 unspecified atom stereocenters. The third-order valence-corrected chi connectivity index (χ3v) is 0.264. The van der Waals surface area contributed by atoms with Crippen molar-refractivity contribution in [3.05, 3.63) is 10.1 Å². The Labute approximate surface area is 55.0 Å². The average Bonchev–Trinajstić information content (AvgIpc) is 1.27. The van der Waals surface area contributed by atoms with Gasteiger partial charge in [0.2, 0.25) is 0 Å². The molecule has 0 saturated carbocycles. The molecule has 1 radical (unpaired) electrons. The van der Waals surface area contributed by atoms with Crippen LogP contribution in [0, 0.1) is 10.1 Å². The molecule has 0 heterocycles. The number of hydrogen-bond acceptors (Lipinski definition) is 3. The third-order valence-electron chi connectivity index (χ3n) is 0.264. The summed E-state index contributed by atoms with van der Waals surface area (Å²) >= 11 is 0. The van der Waals surface area contributed by atoms with E-state index >= 15 is 0 Å². The molecule has 0 fully saturated rings. The predicted molar refractivity (Wildman–Crippen MR) is 19.5 cm³/mol. The molecule has 0 aliphatic heterocycles. The summed E-state index contributed by atoms with van der Waals surface area (Å²) in [4.78, 5) is 17.7. The van der Waals surface area contributed by atoms with Gasteiger partial charge in [0.05, 0.1) is 0 Å². The number of nitrogens with zero attached hydrogens (tertiary/aromatic N) is 1. The van der Waals surface area contributed by atoms with Crippen molar-refractivity contribution in [3.63, 3.8) is 0 Å². The molecule has 0 saturated heterocycles. The maximum absolute atomic E-state index is 9.37. The predicted octanol–water partition coefficient (Wildman–Crippen LogP) is -0.655. The fourth-order valence-electron chi connectivity index (χ4n) is 0.110. The van der Waals surface area contributed by atoms with E-state index in [2.05, 4.69) is 0 Å². The van der Waals surface area contributed by atoms with E-state index in [4.69, 9.17) is 5.11 Å². The first-order valence-electron chi connectivity index (χ1n) is 1.46. The summed E-state index contributed by atoms with van der Waals surface area (Å²) in [6.45, 7) is -1.00. The summed E-state index contributed by atoms with van der Waals surface area (Å²) in [5.74, 6) is -1.41. The third kappa shape index (κ3) is 9.03. The molecular formula is C2H3CoNO4. The molecule has 49 valence electrons. The normalized spacial score (nSPS) is 7.00. The number of carboxylic acids is 1. The number of rotatable bonds is 2. The van der Waals surface area contributed by atoms with Gasteiger partial charge in [0.15, 0.2) is 0 Å². The minimum atomic E-state index is -1.41. The molecule has 0 aliphatic carbocycles. The fraction of sp³-hybridized carbons (Fsp3) is 0.500. The van der Waals surface area contributed by atoms with Gasteiger partial charge in [-0.1, -0.05) is 0 Å². The molecule has 0 aromatic rings. The van der Waals surface area contributed by atoms with E-state index in [0.717, 1.165) is 0 Å². The molecule has 0 aliphatic rings. The van der Waals surface area contributed by atoms with Crippen LogP contribution in [0.25, 0.3) is 0 Å². The van der Waals surface area contributed by atoms with Crippen LogP contribution in [0.15, 0.2) is 0 Å². The van der Waals surface area contributed by atoms with Crippen LogP contribution in [0.2, 0.25) is 0 Å². The Morgan fingerprint density at radius 1 is 1.75 bits per heavy atom. The Morgan fingerprint density at radius 3 is 2.12 bits per heavy atom. The summed E-state index contributed by atoms with van der Waals surface area (Å²) in [5.41, 5.74) is 0. The quantitative estimate of drug-likeness (QED) is 0.434. The second-order valence-corrected chi connectivity index (χ2v) is 0.885. The number of carboxylic acid groups (broad SMARTS) is 1. The molecule has 1 N–H and O–H groups in total. The Bertz CT molecular complexity index is 90.2. The molecule has 0 amide bonds. The molecule has 0 aromatic heterocycles. The van der Waals surface area contributed by atoms with Crippen molar-refractivity contribution in [1.29, 1.82) is 0 Å². The smallest absolute Gasteiger partial charge is 0.376 e. The van der Waals surface area contributed by atoms with Crippen LogP contribution in [-0.2, 0) is 21.6 Å². The number of aliphatic carboxylic acids is 1. The van der Waals surface area contributed by atoms with Crippen LogP contribution < -0.4 is 0 Å². The first-order valence-corrected chi connectivity index (χ1v) is 1.46.